The highest BCUT2D eigenvalue weighted by Crippen LogP contribution is 2.42. The van der Waals surface area contributed by atoms with Gasteiger partial charge >= 0.3 is 5.97 Å². The first-order valence-corrected chi connectivity index (χ1v) is 10.5. The van der Waals surface area contributed by atoms with Crippen LogP contribution in [0.15, 0.2) is 29.4 Å². The molecule has 0 saturated carbocycles. The van der Waals surface area contributed by atoms with Crippen molar-refractivity contribution in [3.63, 3.8) is 0 Å². The molecule has 0 spiro atoms. The average molecular weight is 407 g/mol. The van der Waals surface area contributed by atoms with E-state index in [4.69, 9.17) is 16.7 Å². The molecule has 2 heterocycles. The van der Waals surface area contributed by atoms with Crippen molar-refractivity contribution >= 4 is 50.9 Å². The van der Waals surface area contributed by atoms with Gasteiger partial charge in [0.2, 0.25) is 0 Å². The summed E-state index contributed by atoms with van der Waals surface area (Å²) in [6.45, 7) is 6.46. The SMILES string of the molecule is CCc1sc2nc(SCC(=O)O)nc(Cl)c2c1-c1ccc(C(C)C)cc1. The van der Waals surface area contributed by atoms with Crippen LogP contribution in [0.5, 0.6) is 0 Å². The van der Waals surface area contributed by atoms with Crippen LogP contribution in [-0.4, -0.2) is 26.8 Å². The van der Waals surface area contributed by atoms with Gasteiger partial charge in [-0.1, -0.05) is 68.4 Å². The second kappa shape index (κ2) is 7.94. The highest BCUT2D eigenvalue weighted by molar-refractivity contribution is 7.99. The summed E-state index contributed by atoms with van der Waals surface area (Å²) < 4.78 is 0. The van der Waals surface area contributed by atoms with Gasteiger partial charge in [-0.15, -0.1) is 11.3 Å². The van der Waals surface area contributed by atoms with E-state index in [1.807, 2.05) is 0 Å². The lowest BCUT2D eigenvalue weighted by Crippen LogP contribution is -1.99. The number of thiophene rings is 1. The van der Waals surface area contributed by atoms with Gasteiger partial charge in [-0.25, -0.2) is 9.97 Å². The molecule has 0 saturated heterocycles. The Morgan fingerprint density at radius 1 is 1.27 bits per heavy atom. The molecule has 0 fully saturated rings. The molecule has 2 aromatic heterocycles. The zero-order chi connectivity index (χ0) is 18.8. The minimum Gasteiger partial charge on any atom is -0.481 e. The smallest absolute Gasteiger partial charge is 0.313 e. The van der Waals surface area contributed by atoms with Gasteiger partial charge in [-0.3, -0.25) is 4.79 Å². The molecule has 1 aromatic carbocycles. The number of aryl methyl sites for hydroxylation is 1. The Bertz CT molecular complexity index is 952. The Hall–Kier alpha value is -1.63. The fourth-order valence-corrected chi connectivity index (χ4v) is 4.89. The summed E-state index contributed by atoms with van der Waals surface area (Å²) in [4.78, 5) is 21.6. The second-order valence-corrected chi connectivity index (χ2v) is 8.57. The normalized spacial score (nSPS) is 11.4. The predicted octanol–water partition coefficient (Wildman–Crippen LogP) is 5.87. The number of hydrogen-bond acceptors (Lipinski definition) is 5. The maximum Gasteiger partial charge on any atom is 0.313 e. The number of carbonyl (C=O) groups is 1. The molecular formula is C19H19ClN2O2S2. The van der Waals surface area contributed by atoms with Gasteiger partial charge < -0.3 is 5.11 Å². The minimum atomic E-state index is -0.902. The summed E-state index contributed by atoms with van der Waals surface area (Å²) in [6.07, 6.45) is 0.871. The van der Waals surface area contributed by atoms with E-state index < -0.39 is 5.97 Å². The highest BCUT2D eigenvalue weighted by atomic mass is 35.5. The molecule has 3 aromatic rings. The Morgan fingerprint density at radius 2 is 1.96 bits per heavy atom. The molecule has 0 aliphatic rings. The quantitative estimate of drug-likeness (QED) is 0.315. The monoisotopic (exact) mass is 406 g/mol. The highest BCUT2D eigenvalue weighted by Gasteiger charge is 2.19. The molecule has 0 radical (unpaired) electrons. The average Bonchev–Trinajstić information content (AvgIpc) is 2.99. The molecule has 26 heavy (non-hydrogen) atoms. The summed E-state index contributed by atoms with van der Waals surface area (Å²) in [5.74, 6) is -0.506. The van der Waals surface area contributed by atoms with Crippen molar-refractivity contribution in [3.8, 4) is 11.1 Å². The van der Waals surface area contributed by atoms with Crippen molar-refractivity contribution < 1.29 is 9.90 Å². The van der Waals surface area contributed by atoms with Gasteiger partial charge in [0.1, 0.15) is 9.98 Å². The number of nitrogens with zero attached hydrogens (tertiary/aromatic N) is 2. The predicted molar refractivity (Wildman–Crippen MR) is 110 cm³/mol. The van der Waals surface area contributed by atoms with E-state index in [1.54, 1.807) is 11.3 Å². The minimum absolute atomic E-state index is 0.0859. The van der Waals surface area contributed by atoms with Crippen LogP contribution in [0.4, 0.5) is 0 Å². The first-order valence-electron chi connectivity index (χ1n) is 8.34. The van der Waals surface area contributed by atoms with E-state index >= 15 is 0 Å². The molecular weight excluding hydrogens is 388 g/mol. The molecule has 0 bridgehead atoms. The lowest BCUT2D eigenvalue weighted by atomic mass is 9.97. The Kier molecular flexibility index (Phi) is 5.85. The van der Waals surface area contributed by atoms with Crippen LogP contribution in [0.1, 0.15) is 37.1 Å². The summed E-state index contributed by atoms with van der Waals surface area (Å²) in [5, 5.41) is 10.5. The number of benzene rings is 1. The van der Waals surface area contributed by atoms with E-state index in [-0.39, 0.29) is 5.75 Å². The van der Waals surface area contributed by atoms with Crippen LogP contribution in [0.25, 0.3) is 21.3 Å². The van der Waals surface area contributed by atoms with Crippen LogP contribution in [0, 0.1) is 0 Å². The summed E-state index contributed by atoms with van der Waals surface area (Å²) in [5.41, 5.74) is 3.48. The van der Waals surface area contributed by atoms with Crippen molar-refractivity contribution in [1.82, 2.24) is 9.97 Å². The van der Waals surface area contributed by atoms with Crippen LogP contribution >= 0.6 is 34.7 Å². The molecule has 1 N–H and O–H groups in total. The molecule has 3 rings (SSSR count). The number of carboxylic acids is 1. The lowest BCUT2D eigenvalue weighted by Gasteiger charge is -2.08. The van der Waals surface area contributed by atoms with Gasteiger partial charge in [0.05, 0.1) is 11.1 Å². The Morgan fingerprint density at radius 3 is 2.54 bits per heavy atom. The molecule has 0 aliphatic heterocycles. The largest absolute Gasteiger partial charge is 0.481 e. The van der Waals surface area contributed by atoms with E-state index in [0.717, 1.165) is 39.5 Å². The van der Waals surface area contributed by atoms with Crippen molar-refractivity contribution in [2.75, 3.05) is 5.75 Å². The van der Waals surface area contributed by atoms with Crippen LogP contribution in [0.2, 0.25) is 5.15 Å². The third-order valence-corrected chi connectivity index (χ3v) is 6.41. The van der Waals surface area contributed by atoms with E-state index in [1.165, 1.54) is 10.4 Å². The standard InChI is InChI=1S/C19H19ClN2O2S2/c1-4-13-15(12-7-5-11(6-8-12)10(2)3)16-17(20)21-19(22-18(16)26-13)25-9-14(23)24/h5-8,10H,4,9H2,1-3H3,(H,23,24). The number of thioether (sulfide) groups is 1. The number of hydrogen-bond donors (Lipinski definition) is 1. The summed E-state index contributed by atoms with van der Waals surface area (Å²) >= 11 is 9.16. The van der Waals surface area contributed by atoms with E-state index in [9.17, 15) is 4.79 Å². The molecule has 136 valence electrons. The number of halogens is 1. The third-order valence-electron chi connectivity index (χ3n) is 4.07. The fraction of sp³-hybridized carbons (Fsp3) is 0.316. The van der Waals surface area contributed by atoms with Crippen LogP contribution in [-0.2, 0) is 11.2 Å². The van der Waals surface area contributed by atoms with Gasteiger partial charge in [0, 0.05) is 10.4 Å². The fourth-order valence-electron chi connectivity index (χ4n) is 2.77. The number of fused-ring (bicyclic) bond motifs is 1. The first-order chi connectivity index (χ1) is 12.4. The number of rotatable bonds is 6. The lowest BCUT2D eigenvalue weighted by molar-refractivity contribution is -0.133. The number of aliphatic carboxylic acids is 1. The van der Waals surface area contributed by atoms with Gasteiger partial charge in [-0.2, -0.15) is 0 Å². The second-order valence-electron chi connectivity index (χ2n) is 6.19. The zero-order valence-electron chi connectivity index (χ0n) is 14.7. The molecule has 7 heteroatoms. The van der Waals surface area contributed by atoms with Crippen LogP contribution < -0.4 is 0 Å². The maximum absolute atomic E-state index is 10.8. The molecule has 0 aliphatic carbocycles. The van der Waals surface area contributed by atoms with Gasteiger partial charge in [0.25, 0.3) is 0 Å². The van der Waals surface area contributed by atoms with Gasteiger partial charge in [0.15, 0.2) is 5.16 Å². The van der Waals surface area contributed by atoms with Crippen molar-refractivity contribution in [1.29, 1.82) is 0 Å². The molecule has 0 atom stereocenters. The Labute approximate surface area is 165 Å². The van der Waals surface area contributed by atoms with Crippen molar-refractivity contribution in [2.45, 2.75) is 38.3 Å². The maximum atomic E-state index is 10.8. The van der Waals surface area contributed by atoms with Gasteiger partial charge in [-0.05, 0) is 23.5 Å². The molecule has 0 amide bonds. The Balaban J connectivity index is 2.11. The molecule has 0 unspecified atom stereocenters. The number of carboxylic acid groups (broad SMARTS) is 1. The van der Waals surface area contributed by atoms with E-state index in [0.29, 0.717) is 16.2 Å². The molecule has 4 nitrogen and oxygen atoms in total. The summed E-state index contributed by atoms with van der Waals surface area (Å²) in [7, 11) is 0. The number of aromatic nitrogens is 2. The topological polar surface area (TPSA) is 63.1 Å². The van der Waals surface area contributed by atoms with Crippen molar-refractivity contribution in [2.24, 2.45) is 0 Å². The van der Waals surface area contributed by atoms with E-state index in [2.05, 4.69) is 55.0 Å². The first kappa shape index (κ1) is 19.1. The van der Waals surface area contributed by atoms with Crippen molar-refractivity contribution in [3.05, 3.63) is 39.9 Å². The zero-order valence-corrected chi connectivity index (χ0v) is 17.1. The van der Waals surface area contributed by atoms with Crippen LogP contribution in [0.3, 0.4) is 0 Å². The third kappa shape index (κ3) is 3.87. The summed E-state index contributed by atoms with van der Waals surface area (Å²) in [6, 6.07) is 8.54.